The van der Waals surface area contributed by atoms with Crippen molar-refractivity contribution in [3.63, 3.8) is 0 Å². The van der Waals surface area contributed by atoms with Crippen LogP contribution in [0, 0.1) is 0 Å². The summed E-state index contributed by atoms with van der Waals surface area (Å²) in [4.78, 5) is 43.8. The average molecular weight is 441 g/mol. The second-order valence-corrected chi connectivity index (χ2v) is 8.13. The first-order chi connectivity index (χ1) is 16.0. The van der Waals surface area contributed by atoms with Gasteiger partial charge in [0.05, 0.1) is 18.4 Å². The number of carbonyl (C=O) groups excluding carboxylic acids is 3. The van der Waals surface area contributed by atoms with Crippen molar-refractivity contribution in [3.05, 3.63) is 90.0 Å². The first kappa shape index (κ1) is 20.8. The lowest BCUT2D eigenvalue weighted by atomic mass is 9.94. The van der Waals surface area contributed by atoms with Gasteiger partial charge in [-0.05, 0) is 29.8 Å². The number of hydrogen-bond acceptors (Lipinski definition) is 4. The normalized spacial score (nSPS) is 19.2. The molecule has 0 aromatic heterocycles. The summed E-state index contributed by atoms with van der Waals surface area (Å²) < 4.78 is 5.27. The van der Waals surface area contributed by atoms with E-state index in [1.165, 1.54) is 9.80 Å². The van der Waals surface area contributed by atoms with E-state index in [0.717, 1.165) is 5.56 Å². The number of nitrogens with one attached hydrogen (secondary N) is 1. The fraction of sp³-hybridized carbons (Fsp3) is 0.192. The van der Waals surface area contributed by atoms with E-state index in [-0.39, 0.29) is 31.2 Å². The summed E-state index contributed by atoms with van der Waals surface area (Å²) >= 11 is 0. The van der Waals surface area contributed by atoms with Crippen molar-refractivity contribution in [2.75, 3.05) is 17.3 Å². The fourth-order valence-corrected chi connectivity index (χ4v) is 4.70. The molecule has 3 amide bonds. The van der Waals surface area contributed by atoms with Crippen LogP contribution in [-0.2, 0) is 16.1 Å². The van der Waals surface area contributed by atoms with E-state index >= 15 is 0 Å². The second-order valence-electron chi connectivity index (χ2n) is 8.13. The molecule has 7 nitrogen and oxygen atoms in total. The maximum atomic E-state index is 13.9. The average Bonchev–Trinajstić information content (AvgIpc) is 3.21. The molecule has 0 aliphatic carbocycles. The van der Waals surface area contributed by atoms with Crippen molar-refractivity contribution < 1.29 is 19.1 Å². The van der Waals surface area contributed by atoms with E-state index in [0.29, 0.717) is 22.7 Å². The number of fused-ring (bicyclic) bond motifs is 3. The molecule has 1 atom stereocenters. The number of anilines is 2. The van der Waals surface area contributed by atoms with Crippen molar-refractivity contribution in [3.8, 4) is 5.75 Å². The third-order valence-electron chi connectivity index (χ3n) is 6.25. The van der Waals surface area contributed by atoms with E-state index < -0.39 is 11.6 Å². The smallest absolute Gasteiger partial charge is 0.271 e. The Hall–Kier alpha value is -4.13. The van der Waals surface area contributed by atoms with E-state index in [1.807, 2.05) is 30.3 Å². The van der Waals surface area contributed by atoms with Crippen LogP contribution in [0.2, 0.25) is 0 Å². The fourth-order valence-electron chi connectivity index (χ4n) is 4.70. The van der Waals surface area contributed by atoms with Crippen molar-refractivity contribution in [2.45, 2.75) is 25.0 Å². The highest BCUT2D eigenvalue weighted by atomic mass is 16.5. The molecule has 0 unspecified atom stereocenters. The van der Waals surface area contributed by atoms with Gasteiger partial charge < -0.3 is 15.0 Å². The summed E-state index contributed by atoms with van der Waals surface area (Å²) in [6, 6.07) is 23.4. The van der Waals surface area contributed by atoms with Crippen molar-refractivity contribution >= 4 is 29.1 Å². The summed E-state index contributed by atoms with van der Waals surface area (Å²) in [6.07, 6.45) is 0.368. The molecule has 2 heterocycles. The van der Waals surface area contributed by atoms with Crippen LogP contribution in [0.4, 0.5) is 11.4 Å². The molecule has 0 spiro atoms. The third kappa shape index (κ3) is 3.33. The lowest BCUT2D eigenvalue weighted by molar-refractivity contribution is -0.129. The molecule has 166 valence electrons. The van der Waals surface area contributed by atoms with Crippen LogP contribution >= 0.6 is 0 Å². The second kappa shape index (κ2) is 8.09. The van der Waals surface area contributed by atoms with Crippen molar-refractivity contribution in [1.29, 1.82) is 0 Å². The highest BCUT2D eigenvalue weighted by Crippen LogP contribution is 2.45. The van der Waals surface area contributed by atoms with Gasteiger partial charge in [-0.3, -0.25) is 19.3 Å². The number of nitrogens with zero attached hydrogens (tertiary/aromatic N) is 2. The van der Waals surface area contributed by atoms with Crippen LogP contribution in [0.15, 0.2) is 78.9 Å². The summed E-state index contributed by atoms with van der Waals surface area (Å²) in [7, 11) is 1.55. The van der Waals surface area contributed by atoms with Crippen LogP contribution in [0.3, 0.4) is 0 Å². The molecule has 7 heteroatoms. The maximum Gasteiger partial charge on any atom is 0.271 e. The van der Waals surface area contributed by atoms with Crippen LogP contribution in [0.1, 0.15) is 28.8 Å². The van der Waals surface area contributed by atoms with Gasteiger partial charge in [0.2, 0.25) is 11.6 Å². The Morgan fingerprint density at radius 3 is 2.55 bits per heavy atom. The number of carbonyl (C=O) groups is 3. The Morgan fingerprint density at radius 2 is 1.76 bits per heavy atom. The molecule has 0 bridgehead atoms. The van der Waals surface area contributed by atoms with Crippen LogP contribution in [-0.4, -0.2) is 35.4 Å². The number of para-hydroxylation sites is 1. The number of methoxy groups -OCH3 is 1. The molecule has 3 aromatic carbocycles. The zero-order valence-electron chi connectivity index (χ0n) is 18.2. The van der Waals surface area contributed by atoms with Gasteiger partial charge in [0.1, 0.15) is 5.75 Å². The lowest BCUT2D eigenvalue weighted by Crippen LogP contribution is -2.69. The number of amides is 3. The molecule has 0 radical (unpaired) electrons. The Bertz CT molecular complexity index is 1240. The highest BCUT2D eigenvalue weighted by Gasteiger charge is 2.60. The molecular weight excluding hydrogens is 418 g/mol. The van der Waals surface area contributed by atoms with Crippen LogP contribution in [0.25, 0.3) is 0 Å². The van der Waals surface area contributed by atoms with Gasteiger partial charge >= 0.3 is 0 Å². The molecule has 2 aliphatic rings. The topological polar surface area (TPSA) is 79.0 Å². The van der Waals surface area contributed by atoms with Crippen LogP contribution in [0.5, 0.6) is 5.75 Å². The van der Waals surface area contributed by atoms with Crippen molar-refractivity contribution in [1.82, 2.24) is 4.90 Å². The predicted molar refractivity (Wildman–Crippen MR) is 124 cm³/mol. The van der Waals surface area contributed by atoms with Gasteiger partial charge in [-0.2, -0.15) is 0 Å². The minimum absolute atomic E-state index is 0.165. The molecule has 3 aromatic rings. The van der Waals surface area contributed by atoms with E-state index in [1.54, 1.807) is 55.6 Å². The number of ether oxygens (including phenoxy) is 1. The SMILES string of the molecule is COc1cccc(NC(=O)[C@]23CCC(=O)N2c2ccccc2C(=O)N3Cc2ccccc2)c1. The Labute approximate surface area is 191 Å². The Morgan fingerprint density at radius 1 is 1.00 bits per heavy atom. The van der Waals surface area contributed by atoms with Crippen molar-refractivity contribution in [2.24, 2.45) is 0 Å². The van der Waals surface area contributed by atoms with Gasteiger partial charge in [0, 0.05) is 31.1 Å². The zero-order chi connectivity index (χ0) is 23.0. The van der Waals surface area contributed by atoms with E-state index in [9.17, 15) is 14.4 Å². The molecule has 2 aliphatic heterocycles. The first-order valence-corrected chi connectivity index (χ1v) is 10.8. The van der Waals surface area contributed by atoms with E-state index in [2.05, 4.69) is 5.32 Å². The Balaban J connectivity index is 1.63. The molecule has 33 heavy (non-hydrogen) atoms. The van der Waals surface area contributed by atoms with Gasteiger partial charge in [0.15, 0.2) is 0 Å². The quantitative estimate of drug-likeness (QED) is 0.653. The van der Waals surface area contributed by atoms with Gasteiger partial charge in [-0.15, -0.1) is 0 Å². The molecule has 1 N–H and O–H groups in total. The maximum absolute atomic E-state index is 13.9. The van der Waals surface area contributed by atoms with Gasteiger partial charge in [-0.1, -0.05) is 48.5 Å². The summed E-state index contributed by atoms with van der Waals surface area (Å²) in [5.41, 5.74) is 0.808. The third-order valence-corrected chi connectivity index (χ3v) is 6.25. The number of benzene rings is 3. The first-order valence-electron chi connectivity index (χ1n) is 10.8. The molecule has 5 rings (SSSR count). The predicted octanol–water partition coefficient (Wildman–Crippen LogP) is 3.81. The standard InChI is InChI=1S/C26H23N3O4/c1-33-20-11-7-10-19(16-20)27-25(32)26-15-14-23(30)29(26)22-13-6-5-12-21(22)24(31)28(26)17-18-8-3-2-4-9-18/h2-13,16H,14-15,17H2,1H3,(H,27,32)/t26-/m0/s1. The molecule has 0 saturated carbocycles. The molecule has 1 saturated heterocycles. The molecular formula is C26H23N3O4. The number of rotatable bonds is 5. The minimum atomic E-state index is -1.47. The van der Waals surface area contributed by atoms with E-state index in [4.69, 9.17) is 4.74 Å². The molecule has 1 fully saturated rings. The largest absolute Gasteiger partial charge is 0.497 e. The summed E-state index contributed by atoms with van der Waals surface area (Å²) in [6.45, 7) is 0.198. The zero-order valence-corrected chi connectivity index (χ0v) is 18.2. The summed E-state index contributed by atoms with van der Waals surface area (Å²) in [5.74, 6) is -0.300. The summed E-state index contributed by atoms with van der Waals surface area (Å²) in [5, 5.41) is 2.93. The Kier molecular flexibility index (Phi) is 5.09. The number of hydrogen-bond donors (Lipinski definition) is 1. The van der Waals surface area contributed by atoms with Gasteiger partial charge in [0.25, 0.3) is 11.8 Å². The monoisotopic (exact) mass is 441 g/mol. The van der Waals surface area contributed by atoms with Crippen LogP contribution < -0.4 is 15.0 Å². The minimum Gasteiger partial charge on any atom is -0.497 e. The lowest BCUT2D eigenvalue weighted by Gasteiger charge is -2.49. The van der Waals surface area contributed by atoms with Gasteiger partial charge in [-0.25, -0.2) is 0 Å². The highest BCUT2D eigenvalue weighted by molar-refractivity contribution is 6.18.